The molecule has 3 aromatic rings. The Hall–Kier alpha value is -4.12. The average molecular weight is 537 g/mol. The second-order valence-electron chi connectivity index (χ2n) is 11.2. The van der Waals surface area contributed by atoms with Crippen LogP contribution in [0, 0.1) is 19.4 Å². The number of piperazine rings is 1. The summed E-state index contributed by atoms with van der Waals surface area (Å²) in [5.74, 6) is 1.35. The van der Waals surface area contributed by atoms with E-state index in [1.54, 1.807) is 4.90 Å². The van der Waals surface area contributed by atoms with Crippen LogP contribution in [0.3, 0.4) is 0 Å². The van der Waals surface area contributed by atoms with E-state index in [4.69, 9.17) is 21.3 Å². The Morgan fingerprint density at radius 3 is 2.73 bits per heavy atom. The highest BCUT2D eigenvalue weighted by Crippen LogP contribution is 2.36. The van der Waals surface area contributed by atoms with E-state index in [1.165, 1.54) is 47.4 Å². The lowest BCUT2D eigenvalue weighted by Gasteiger charge is -2.41. The molecule has 3 aliphatic rings. The molecule has 2 aliphatic heterocycles. The molecule has 1 saturated carbocycles. The van der Waals surface area contributed by atoms with Gasteiger partial charge in [0, 0.05) is 42.8 Å². The number of ether oxygens (including phenoxy) is 1. The maximum Gasteiger partial charge on any atom is 0.318 e. The maximum absolute atomic E-state index is 12.5. The average Bonchev–Trinajstić information content (AvgIpc) is 2.95. The van der Waals surface area contributed by atoms with Gasteiger partial charge in [-0.2, -0.15) is 9.97 Å². The number of benzene rings is 2. The normalized spacial score (nSPS) is 19.1. The van der Waals surface area contributed by atoms with Gasteiger partial charge in [-0.15, -0.1) is 0 Å². The van der Waals surface area contributed by atoms with Crippen molar-refractivity contribution >= 4 is 28.2 Å². The van der Waals surface area contributed by atoms with Crippen LogP contribution in [0.4, 0.5) is 11.5 Å². The molecule has 0 spiro atoms. The van der Waals surface area contributed by atoms with Crippen molar-refractivity contribution in [2.24, 2.45) is 5.92 Å². The van der Waals surface area contributed by atoms with Gasteiger partial charge in [0.1, 0.15) is 11.9 Å². The van der Waals surface area contributed by atoms with Crippen LogP contribution >= 0.6 is 0 Å². The van der Waals surface area contributed by atoms with Crippen LogP contribution in [-0.4, -0.2) is 66.1 Å². The molecule has 40 heavy (non-hydrogen) atoms. The maximum atomic E-state index is 12.5. The van der Waals surface area contributed by atoms with Gasteiger partial charge in [-0.3, -0.25) is 4.79 Å². The Morgan fingerprint density at radius 1 is 1.15 bits per heavy atom. The first-order valence-corrected chi connectivity index (χ1v) is 14.3. The highest BCUT2D eigenvalue weighted by Gasteiger charge is 2.35. The molecule has 6 rings (SSSR count). The van der Waals surface area contributed by atoms with Gasteiger partial charge in [0.15, 0.2) is 0 Å². The van der Waals surface area contributed by atoms with Gasteiger partial charge < -0.3 is 24.3 Å². The lowest BCUT2D eigenvalue weighted by atomic mass is 9.86. The van der Waals surface area contributed by atoms with Crippen molar-refractivity contribution in [3.05, 3.63) is 77.3 Å². The Labute approximate surface area is 236 Å². The molecular weight excluding hydrogens is 500 g/mol. The van der Waals surface area contributed by atoms with Crippen molar-refractivity contribution in [2.45, 2.75) is 45.2 Å². The standard InChI is InChI=1S/C32H36N6O2/c1-4-29(39)38-17-16-37(19-25(38)18-33-3)31-26-14-15-36(28-13-7-12-24-11-5-8-22(2)30(24)28)20-27(26)34-32(35-31)40-21-23-9-6-10-23/h4-5,7-8,11-13,23,25H,1,6,9-10,14-21H2,2H3/t25-/m0/s1. The van der Waals surface area contributed by atoms with E-state index < -0.39 is 0 Å². The van der Waals surface area contributed by atoms with E-state index in [2.05, 4.69) is 64.5 Å². The third-order valence-corrected chi connectivity index (χ3v) is 8.67. The number of amides is 1. The fraction of sp³-hybridized carbons (Fsp3) is 0.438. The van der Waals surface area contributed by atoms with Crippen molar-refractivity contribution in [3.63, 3.8) is 0 Å². The lowest BCUT2D eigenvalue weighted by molar-refractivity contribution is -0.128. The zero-order valence-corrected chi connectivity index (χ0v) is 23.2. The number of fused-ring (bicyclic) bond motifs is 2. The van der Waals surface area contributed by atoms with Crippen LogP contribution in [0.2, 0.25) is 0 Å². The molecule has 2 aromatic carbocycles. The Morgan fingerprint density at radius 2 is 1.98 bits per heavy atom. The fourth-order valence-electron chi connectivity index (χ4n) is 6.26. The van der Waals surface area contributed by atoms with Crippen molar-refractivity contribution in [3.8, 4) is 6.01 Å². The lowest BCUT2D eigenvalue weighted by Crippen LogP contribution is -2.56. The van der Waals surface area contributed by atoms with Gasteiger partial charge in [-0.05, 0) is 55.2 Å². The van der Waals surface area contributed by atoms with E-state index in [0.717, 1.165) is 30.0 Å². The molecule has 1 aliphatic carbocycles. The summed E-state index contributed by atoms with van der Waals surface area (Å²) in [6, 6.07) is 13.2. The monoisotopic (exact) mass is 536 g/mol. The summed E-state index contributed by atoms with van der Waals surface area (Å²) < 4.78 is 6.20. The number of hydrogen-bond acceptors (Lipinski definition) is 6. The number of rotatable bonds is 7. The quantitative estimate of drug-likeness (QED) is 0.319. The van der Waals surface area contributed by atoms with Gasteiger partial charge in [0.05, 0.1) is 18.8 Å². The van der Waals surface area contributed by atoms with Crippen molar-refractivity contribution in [1.29, 1.82) is 0 Å². The zero-order chi connectivity index (χ0) is 27.6. The largest absolute Gasteiger partial charge is 0.463 e. The van der Waals surface area contributed by atoms with Crippen LogP contribution in [0.25, 0.3) is 15.6 Å². The van der Waals surface area contributed by atoms with Crippen molar-refractivity contribution in [1.82, 2.24) is 14.9 Å². The third-order valence-electron chi connectivity index (χ3n) is 8.67. The molecule has 0 unspecified atom stereocenters. The number of carbonyl (C=O) groups is 1. The van der Waals surface area contributed by atoms with Crippen LogP contribution in [0.1, 0.15) is 36.1 Å². The third kappa shape index (κ3) is 4.97. The van der Waals surface area contributed by atoms with E-state index in [-0.39, 0.29) is 18.5 Å². The van der Waals surface area contributed by atoms with Gasteiger partial charge in [-0.25, -0.2) is 6.57 Å². The molecule has 8 heteroatoms. The molecule has 0 radical (unpaired) electrons. The van der Waals surface area contributed by atoms with Gasteiger partial charge in [0.2, 0.25) is 12.5 Å². The number of hydrogen-bond donors (Lipinski definition) is 0. The van der Waals surface area contributed by atoms with E-state index in [1.807, 2.05) is 0 Å². The highest BCUT2D eigenvalue weighted by atomic mass is 16.5. The zero-order valence-electron chi connectivity index (χ0n) is 23.2. The second kappa shape index (κ2) is 11.2. The first-order chi connectivity index (χ1) is 19.6. The predicted octanol–water partition coefficient (Wildman–Crippen LogP) is 4.80. The van der Waals surface area contributed by atoms with Gasteiger partial charge in [-0.1, -0.05) is 43.3 Å². The van der Waals surface area contributed by atoms with Crippen LogP contribution in [0.15, 0.2) is 49.1 Å². The Bertz CT molecular complexity index is 1470. The summed E-state index contributed by atoms with van der Waals surface area (Å²) in [5.41, 5.74) is 4.64. The summed E-state index contributed by atoms with van der Waals surface area (Å²) >= 11 is 0. The minimum atomic E-state index is -0.208. The SMILES string of the molecule is [C-]#[N+]C[C@H]1CN(c2nc(OCC3CCC3)nc3c2CCN(c2cccc4cccc(C)c24)C3)CCN1C(=O)C=C. The Balaban J connectivity index is 1.34. The predicted molar refractivity (Wildman–Crippen MR) is 158 cm³/mol. The molecule has 1 amide bonds. The summed E-state index contributed by atoms with van der Waals surface area (Å²) in [6.07, 6.45) is 5.82. The molecule has 206 valence electrons. The van der Waals surface area contributed by atoms with Crippen molar-refractivity contribution in [2.75, 3.05) is 49.1 Å². The summed E-state index contributed by atoms with van der Waals surface area (Å²) in [4.78, 5) is 32.5. The van der Waals surface area contributed by atoms with E-state index in [9.17, 15) is 4.79 Å². The molecule has 8 nitrogen and oxygen atoms in total. The minimum absolute atomic E-state index is 0.122. The first kappa shape index (κ1) is 26.1. The fourth-order valence-corrected chi connectivity index (χ4v) is 6.26. The number of carbonyl (C=O) groups excluding carboxylic acids is 1. The van der Waals surface area contributed by atoms with Gasteiger partial charge >= 0.3 is 6.01 Å². The number of nitrogens with zero attached hydrogens (tertiary/aromatic N) is 6. The molecular formula is C32H36N6O2. The summed E-state index contributed by atoms with van der Waals surface area (Å²) in [5, 5.41) is 2.53. The smallest absolute Gasteiger partial charge is 0.318 e. The molecule has 2 fully saturated rings. The molecule has 1 saturated heterocycles. The number of aromatic nitrogens is 2. The summed E-state index contributed by atoms with van der Waals surface area (Å²) in [7, 11) is 0. The van der Waals surface area contributed by atoms with E-state index >= 15 is 0 Å². The molecule has 1 atom stereocenters. The van der Waals surface area contributed by atoms with Crippen LogP contribution in [0.5, 0.6) is 6.01 Å². The summed E-state index contributed by atoms with van der Waals surface area (Å²) in [6.45, 7) is 17.5. The van der Waals surface area contributed by atoms with Gasteiger partial charge in [0.25, 0.3) is 0 Å². The minimum Gasteiger partial charge on any atom is -0.463 e. The molecule has 3 heterocycles. The Kier molecular flexibility index (Phi) is 7.29. The van der Waals surface area contributed by atoms with E-state index in [0.29, 0.717) is 44.7 Å². The topological polar surface area (TPSA) is 66.2 Å². The molecule has 1 aromatic heterocycles. The second-order valence-corrected chi connectivity index (χ2v) is 11.2. The van der Waals surface area contributed by atoms with Crippen LogP contribution < -0.4 is 14.5 Å². The molecule has 0 bridgehead atoms. The van der Waals surface area contributed by atoms with Crippen LogP contribution in [-0.2, 0) is 17.8 Å². The number of aryl methyl sites for hydroxylation is 1. The first-order valence-electron chi connectivity index (χ1n) is 14.3. The van der Waals surface area contributed by atoms with Crippen molar-refractivity contribution < 1.29 is 9.53 Å². The number of anilines is 2. The highest BCUT2D eigenvalue weighted by molar-refractivity contribution is 5.97. The molecule has 0 N–H and O–H groups in total.